The van der Waals surface area contributed by atoms with Crippen molar-refractivity contribution >= 4 is 11.0 Å². The van der Waals surface area contributed by atoms with E-state index >= 15 is 0 Å². The molecule has 0 atom stereocenters. The minimum atomic E-state index is 0.408. The highest BCUT2D eigenvalue weighted by molar-refractivity contribution is 5.75. The molecule has 0 bridgehead atoms. The zero-order chi connectivity index (χ0) is 11.0. The molecule has 3 rings (SSSR count). The molecule has 2 N–H and O–H groups in total. The Bertz CT molecular complexity index is 481. The van der Waals surface area contributed by atoms with E-state index in [2.05, 4.69) is 27.8 Å². The van der Waals surface area contributed by atoms with E-state index in [-0.39, 0.29) is 0 Å². The summed E-state index contributed by atoms with van der Waals surface area (Å²) in [5, 5.41) is 0. The van der Waals surface area contributed by atoms with Crippen LogP contribution in [0.3, 0.4) is 0 Å². The molecule has 1 aliphatic carbocycles. The van der Waals surface area contributed by atoms with Gasteiger partial charge in [-0.2, -0.15) is 0 Å². The van der Waals surface area contributed by atoms with Crippen molar-refractivity contribution in [1.82, 2.24) is 9.55 Å². The average molecular weight is 215 g/mol. The van der Waals surface area contributed by atoms with Gasteiger partial charge in [0.05, 0.1) is 17.4 Å². The van der Waals surface area contributed by atoms with Crippen LogP contribution in [0.2, 0.25) is 0 Å². The molecule has 1 aliphatic rings. The van der Waals surface area contributed by atoms with E-state index in [1.807, 2.05) is 12.4 Å². The Balaban J connectivity index is 1.94. The van der Waals surface area contributed by atoms with Gasteiger partial charge in [0.2, 0.25) is 0 Å². The maximum atomic E-state index is 5.94. The number of nitrogens with two attached hydrogens (primary N) is 1. The van der Waals surface area contributed by atoms with Crippen LogP contribution in [0.15, 0.2) is 30.6 Å². The van der Waals surface area contributed by atoms with Crippen molar-refractivity contribution in [2.75, 3.05) is 0 Å². The summed E-state index contributed by atoms with van der Waals surface area (Å²) < 4.78 is 2.32. The maximum Gasteiger partial charge on any atom is 0.0960 e. The molecule has 84 valence electrons. The predicted molar refractivity (Wildman–Crippen MR) is 65.2 cm³/mol. The SMILES string of the molecule is NC1CCC(n2cnc3ccccc32)CC1. The Hall–Kier alpha value is -1.35. The van der Waals surface area contributed by atoms with Crippen molar-refractivity contribution in [2.24, 2.45) is 5.73 Å². The molecule has 0 aliphatic heterocycles. The molecule has 0 unspecified atom stereocenters. The fraction of sp³-hybridized carbons (Fsp3) is 0.462. The van der Waals surface area contributed by atoms with Gasteiger partial charge in [-0.15, -0.1) is 0 Å². The van der Waals surface area contributed by atoms with Crippen LogP contribution < -0.4 is 5.73 Å². The fourth-order valence-electron chi connectivity index (χ4n) is 2.65. The van der Waals surface area contributed by atoms with Gasteiger partial charge in [-0.25, -0.2) is 4.98 Å². The number of para-hydroxylation sites is 2. The van der Waals surface area contributed by atoms with Crippen LogP contribution in [0.5, 0.6) is 0 Å². The Morgan fingerprint density at radius 2 is 1.88 bits per heavy atom. The summed E-state index contributed by atoms with van der Waals surface area (Å²) in [5.74, 6) is 0. The molecular weight excluding hydrogens is 198 g/mol. The number of aromatic nitrogens is 2. The fourth-order valence-corrected chi connectivity index (χ4v) is 2.65. The average Bonchev–Trinajstić information content (AvgIpc) is 2.74. The first-order valence-electron chi connectivity index (χ1n) is 6.02. The number of hydrogen-bond acceptors (Lipinski definition) is 2. The lowest BCUT2D eigenvalue weighted by atomic mass is 9.91. The summed E-state index contributed by atoms with van der Waals surface area (Å²) in [6.07, 6.45) is 6.61. The molecule has 0 saturated heterocycles. The lowest BCUT2D eigenvalue weighted by molar-refractivity contribution is 0.329. The standard InChI is InChI=1S/C13H17N3/c14-10-5-7-11(8-6-10)16-9-15-12-3-1-2-4-13(12)16/h1-4,9-11H,5-8,14H2. The quantitative estimate of drug-likeness (QED) is 0.794. The second kappa shape index (κ2) is 3.91. The topological polar surface area (TPSA) is 43.8 Å². The number of fused-ring (bicyclic) bond motifs is 1. The van der Waals surface area contributed by atoms with Crippen LogP contribution in [0.1, 0.15) is 31.7 Å². The lowest BCUT2D eigenvalue weighted by Crippen LogP contribution is -2.27. The van der Waals surface area contributed by atoms with Gasteiger partial charge >= 0.3 is 0 Å². The van der Waals surface area contributed by atoms with Gasteiger partial charge < -0.3 is 10.3 Å². The third-order valence-corrected chi connectivity index (χ3v) is 3.62. The highest BCUT2D eigenvalue weighted by Crippen LogP contribution is 2.30. The van der Waals surface area contributed by atoms with Gasteiger partial charge in [-0.05, 0) is 37.8 Å². The van der Waals surface area contributed by atoms with E-state index in [9.17, 15) is 0 Å². The van der Waals surface area contributed by atoms with Crippen molar-refractivity contribution < 1.29 is 0 Å². The summed E-state index contributed by atoms with van der Waals surface area (Å²) in [6.45, 7) is 0. The summed E-state index contributed by atoms with van der Waals surface area (Å²) in [7, 11) is 0. The summed E-state index contributed by atoms with van der Waals surface area (Å²) in [4.78, 5) is 4.44. The molecule has 16 heavy (non-hydrogen) atoms. The Morgan fingerprint density at radius 3 is 2.69 bits per heavy atom. The van der Waals surface area contributed by atoms with Crippen LogP contribution in [-0.4, -0.2) is 15.6 Å². The molecule has 3 nitrogen and oxygen atoms in total. The molecule has 1 heterocycles. The Kier molecular flexibility index (Phi) is 2.40. The molecule has 0 radical (unpaired) electrons. The zero-order valence-electron chi connectivity index (χ0n) is 9.34. The smallest absolute Gasteiger partial charge is 0.0960 e. The van der Waals surface area contributed by atoms with E-state index in [1.165, 1.54) is 18.4 Å². The van der Waals surface area contributed by atoms with Gasteiger partial charge in [0, 0.05) is 12.1 Å². The summed E-state index contributed by atoms with van der Waals surface area (Å²) >= 11 is 0. The molecule has 3 heteroatoms. The highest BCUT2D eigenvalue weighted by Gasteiger charge is 2.20. The molecule has 1 fully saturated rings. The maximum absolute atomic E-state index is 5.94. The van der Waals surface area contributed by atoms with Crippen LogP contribution in [0.25, 0.3) is 11.0 Å². The van der Waals surface area contributed by atoms with Crippen LogP contribution in [-0.2, 0) is 0 Å². The molecule has 1 aromatic carbocycles. The van der Waals surface area contributed by atoms with E-state index < -0.39 is 0 Å². The number of nitrogens with zero attached hydrogens (tertiary/aromatic N) is 2. The van der Waals surface area contributed by atoms with Crippen molar-refractivity contribution in [3.63, 3.8) is 0 Å². The van der Waals surface area contributed by atoms with Gasteiger partial charge in [-0.1, -0.05) is 12.1 Å². The second-order valence-corrected chi connectivity index (χ2v) is 4.71. The largest absolute Gasteiger partial charge is 0.328 e. The number of imidazole rings is 1. The third kappa shape index (κ3) is 1.61. The van der Waals surface area contributed by atoms with Gasteiger partial charge in [0.15, 0.2) is 0 Å². The molecule has 1 saturated carbocycles. The first-order chi connectivity index (χ1) is 7.84. The molecule has 0 amide bonds. The number of benzene rings is 1. The van der Waals surface area contributed by atoms with E-state index in [0.29, 0.717) is 12.1 Å². The molecule has 1 aromatic heterocycles. The van der Waals surface area contributed by atoms with Gasteiger partial charge in [0.25, 0.3) is 0 Å². The number of hydrogen-bond donors (Lipinski definition) is 1. The first kappa shape index (κ1) is 9.85. The summed E-state index contributed by atoms with van der Waals surface area (Å²) in [5.41, 5.74) is 8.29. The lowest BCUT2D eigenvalue weighted by Gasteiger charge is -2.27. The number of rotatable bonds is 1. The molecule has 2 aromatic rings. The normalized spacial score (nSPS) is 26.1. The van der Waals surface area contributed by atoms with E-state index in [0.717, 1.165) is 18.4 Å². The van der Waals surface area contributed by atoms with Crippen molar-refractivity contribution in [2.45, 2.75) is 37.8 Å². The van der Waals surface area contributed by atoms with E-state index in [4.69, 9.17) is 5.73 Å². The molecule has 0 spiro atoms. The summed E-state index contributed by atoms with van der Waals surface area (Å²) in [6, 6.07) is 9.33. The van der Waals surface area contributed by atoms with Crippen LogP contribution in [0, 0.1) is 0 Å². The zero-order valence-corrected chi connectivity index (χ0v) is 9.34. The molecular formula is C13H17N3. The Morgan fingerprint density at radius 1 is 1.12 bits per heavy atom. The minimum Gasteiger partial charge on any atom is -0.328 e. The van der Waals surface area contributed by atoms with Gasteiger partial charge in [0.1, 0.15) is 0 Å². The third-order valence-electron chi connectivity index (χ3n) is 3.62. The first-order valence-corrected chi connectivity index (χ1v) is 6.02. The minimum absolute atomic E-state index is 0.408. The van der Waals surface area contributed by atoms with Crippen molar-refractivity contribution in [3.05, 3.63) is 30.6 Å². The highest BCUT2D eigenvalue weighted by atomic mass is 15.1. The van der Waals surface area contributed by atoms with Crippen molar-refractivity contribution in [1.29, 1.82) is 0 Å². The van der Waals surface area contributed by atoms with E-state index in [1.54, 1.807) is 0 Å². The predicted octanol–water partition coefficient (Wildman–Crippen LogP) is 2.48. The van der Waals surface area contributed by atoms with Crippen molar-refractivity contribution in [3.8, 4) is 0 Å². The second-order valence-electron chi connectivity index (χ2n) is 4.71. The van der Waals surface area contributed by atoms with Crippen LogP contribution in [0.4, 0.5) is 0 Å². The van der Waals surface area contributed by atoms with Crippen LogP contribution >= 0.6 is 0 Å². The van der Waals surface area contributed by atoms with Gasteiger partial charge in [-0.3, -0.25) is 0 Å². The monoisotopic (exact) mass is 215 g/mol. The Labute approximate surface area is 95.3 Å².